The summed E-state index contributed by atoms with van der Waals surface area (Å²) in [5, 5.41) is -1.17. The van der Waals surface area contributed by atoms with Crippen LogP contribution in [0.3, 0.4) is 0 Å². The largest absolute Gasteiger partial charge is 0.240 e. The molecule has 0 radical (unpaired) electrons. The first kappa shape index (κ1) is 25.2. The molecule has 4 heteroatoms. The minimum Gasteiger partial charge on any atom is -0.0622 e. The fourth-order valence-electron chi connectivity index (χ4n) is 4.48. The molecular formula is C28H26Cl2PPd+. The summed E-state index contributed by atoms with van der Waals surface area (Å²) in [5.74, 6) is -2.83. The second-order valence-corrected chi connectivity index (χ2v) is 14.5. The summed E-state index contributed by atoms with van der Waals surface area (Å²) < 4.78 is 0. The summed E-state index contributed by atoms with van der Waals surface area (Å²) in [6.07, 6.45) is 0. The standard InChI is InChI=1S/C28H26Cl2P.Pd/c1-27(23-15-7-3-8-16-23,24-17-9-4-10-18-24)31(29,30)28(2,25-19-11-5-12-20-25)26-21-13-6-14-22-26;/h3-22H,1-2H3;/q+1;. The first-order valence-corrected chi connectivity index (χ1v) is 14.0. The average molecular weight is 571 g/mol. The van der Waals surface area contributed by atoms with Crippen molar-refractivity contribution in [2.75, 3.05) is 0 Å². The monoisotopic (exact) mass is 569 g/mol. The zero-order valence-electron chi connectivity index (χ0n) is 18.1. The van der Waals surface area contributed by atoms with E-state index in [0.717, 1.165) is 22.3 Å². The van der Waals surface area contributed by atoms with Crippen LogP contribution >= 0.6 is 28.4 Å². The van der Waals surface area contributed by atoms with Gasteiger partial charge in [-0.1, -0.05) is 121 Å². The van der Waals surface area contributed by atoms with E-state index in [0.29, 0.717) is 0 Å². The van der Waals surface area contributed by atoms with Crippen LogP contribution in [0.15, 0.2) is 121 Å². The Balaban J connectivity index is 0.00000289. The molecule has 0 unspecified atom stereocenters. The van der Waals surface area contributed by atoms with Crippen LogP contribution in [-0.4, -0.2) is 0 Å². The van der Waals surface area contributed by atoms with Crippen molar-refractivity contribution >= 4 is 28.4 Å². The first-order chi connectivity index (χ1) is 14.9. The van der Waals surface area contributed by atoms with E-state index < -0.39 is 16.3 Å². The van der Waals surface area contributed by atoms with Gasteiger partial charge in [-0.05, 0) is 13.8 Å². The van der Waals surface area contributed by atoms with E-state index in [4.69, 9.17) is 22.5 Å². The van der Waals surface area contributed by atoms with E-state index in [9.17, 15) is 0 Å². The Morgan fingerprint density at radius 2 is 0.625 bits per heavy atom. The molecule has 0 atom stereocenters. The van der Waals surface area contributed by atoms with Crippen LogP contribution in [0, 0.1) is 0 Å². The molecule has 0 saturated heterocycles. The second-order valence-electron chi connectivity index (χ2n) is 8.12. The van der Waals surface area contributed by atoms with Gasteiger partial charge in [0.25, 0.3) is 0 Å². The summed E-state index contributed by atoms with van der Waals surface area (Å²) in [4.78, 5) is 0. The van der Waals surface area contributed by atoms with Crippen molar-refractivity contribution in [1.82, 2.24) is 0 Å². The van der Waals surface area contributed by atoms with Gasteiger partial charge in [0.2, 0.25) is 5.97 Å². The Morgan fingerprint density at radius 1 is 0.438 bits per heavy atom. The first-order valence-electron chi connectivity index (χ1n) is 10.4. The zero-order valence-corrected chi connectivity index (χ0v) is 22.0. The van der Waals surface area contributed by atoms with E-state index in [2.05, 4.69) is 111 Å². The predicted molar refractivity (Wildman–Crippen MR) is 137 cm³/mol. The van der Waals surface area contributed by atoms with Gasteiger partial charge in [0, 0.05) is 42.7 Å². The van der Waals surface area contributed by atoms with Gasteiger partial charge in [0.15, 0.2) is 10.3 Å². The van der Waals surface area contributed by atoms with Crippen molar-refractivity contribution in [3.8, 4) is 0 Å². The molecule has 166 valence electrons. The topological polar surface area (TPSA) is 0 Å². The van der Waals surface area contributed by atoms with Crippen molar-refractivity contribution in [3.05, 3.63) is 144 Å². The molecule has 0 aliphatic carbocycles. The van der Waals surface area contributed by atoms with Crippen LogP contribution in [0.25, 0.3) is 0 Å². The number of halogens is 2. The van der Waals surface area contributed by atoms with Crippen molar-refractivity contribution in [1.29, 1.82) is 0 Å². The maximum Gasteiger partial charge on any atom is 0.240 e. The number of benzene rings is 4. The molecule has 0 aliphatic rings. The third kappa shape index (κ3) is 4.12. The predicted octanol–water partition coefficient (Wildman–Crippen LogP) is 9.24. The van der Waals surface area contributed by atoms with Gasteiger partial charge >= 0.3 is 0 Å². The minimum absolute atomic E-state index is 0. The SMILES string of the molecule is CC(c1ccccc1)(c1ccccc1)[P+](Cl)(Cl)C(C)(c1ccccc1)c1ccccc1.[Pd]. The molecule has 0 amide bonds. The quantitative estimate of drug-likeness (QED) is 0.160. The normalized spacial score (nSPS) is 12.1. The van der Waals surface area contributed by atoms with Crippen LogP contribution in [-0.2, 0) is 30.7 Å². The zero-order chi connectivity index (χ0) is 22.0. The fourth-order valence-corrected chi connectivity index (χ4v) is 9.61. The molecule has 0 fully saturated rings. The Labute approximate surface area is 215 Å². The molecule has 4 rings (SSSR count). The van der Waals surface area contributed by atoms with E-state index in [1.54, 1.807) is 0 Å². The Kier molecular flexibility index (Phi) is 8.04. The fraction of sp³-hybridized carbons (Fsp3) is 0.143. The number of hydrogen-bond acceptors (Lipinski definition) is 0. The molecular weight excluding hydrogens is 545 g/mol. The maximum absolute atomic E-state index is 7.77. The number of rotatable bonds is 6. The van der Waals surface area contributed by atoms with Crippen LogP contribution < -0.4 is 0 Å². The van der Waals surface area contributed by atoms with E-state index in [-0.39, 0.29) is 20.4 Å². The van der Waals surface area contributed by atoms with Crippen LogP contribution in [0.4, 0.5) is 0 Å². The van der Waals surface area contributed by atoms with Crippen molar-refractivity contribution in [2.45, 2.75) is 24.2 Å². The molecule has 0 aromatic heterocycles. The molecule has 0 nitrogen and oxygen atoms in total. The van der Waals surface area contributed by atoms with E-state index in [1.807, 2.05) is 24.3 Å². The van der Waals surface area contributed by atoms with Gasteiger partial charge < -0.3 is 0 Å². The van der Waals surface area contributed by atoms with Gasteiger partial charge in [-0.15, -0.1) is 0 Å². The molecule has 32 heavy (non-hydrogen) atoms. The average Bonchev–Trinajstić information content (AvgIpc) is 2.85. The smallest absolute Gasteiger partial charge is 0.0622 e. The number of hydrogen-bond donors (Lipinski definition) is 0. The Morgan fingerprint density at radius 3 is 0.812 bits per heavy atom. The van der Waals surface area contributed by atoms with Gasteiger partial charge in [-0.2, -0.15) is 0 Å². The van der Waals surface area contributed by atoms with Gasteiger partial charge in [0.05, 0.1) is 0 Å². The summed E-state index contributed by atoms with van der Waals surface area (Å²) >= 11 is 15.5. The summed E-state index contributed by atoms with van der Waals surface area (Å²) in [5.41, 5.74) is 4.49. The summed E-state index contributed by atoms with van der Waals surface area (Å²) in [6.45, 7) is 4.41. The molecule has 0 N–H and O–H groups in total. The van der Waals surface area contributed by atoms with Gasteiger partial charge in [0.1, 0.15) is 22.5 Å². The second kappa shape index (κ2) is 10.2. The Bertz CT molecular complexity index is 947. The van der Waals surface area contributed by atoms with Crippen LogP contribution in [0.5, 0.6) is 0 Å². The summed E-state index contributed by atoms with van der Waals surface area (Å²) in [6, 6.07) is 41.8. The molecule has 0 spiro atoms. The molecule has 0 bridgehead atoms. The third-order valence-corrected chi connectivity index (χ3v) is 13.8. The summed E-state index contributed by atoms with van der Waals surface area (Å²) in [7, 11) is 0. The minimum atomic E-state index is -2.83. The molecule has 0 heterocycles. The van der Waals surface area contributed by atoms with Crippen molar-refractivity contribution in [3.63, 3.8) is 0 Å². The maximum atomic E-state index is 7.77. The molecule has 0 saturated carbocycles. The molecule has 4 aromatic rings. The van der Waals surface area contributed by atoms with E-state index >= 15 is 0 Å². The van der Waals surface area contributed by atoms with Gasteiger partial charge in [-0.3, -0.25) is 0 Å². The third-order valence-electron chi connectivity index (χ3n) is 6.47. The van der Waals surface area contributed by atoms with Gasteiger partial charge in [-0.25, -0.2) is 0 Å². The van der Waals surface area contributed by atoms with Crippen LogP contribution in [0.1, 0.15) is 36.1 Å². The van der Waals surface area contributed by atoms with Crippen molar-refractivity contribution in [2.24, 2.45) is 0 Å². The molecule has 4 aromatic carbocycles. The van der Waals surface area contributed by atoms with Crippen LogP contribution in [0.2, 0.25) is 0 Å². The Hall–Kier alpha value is -1.45. The molecule has 0 aliphatic heterocycles. The van der Waals surface area contributed by atoms with Crippen molar-refractivity contribution < 1.29 is 20.4 Å². The van der Waals surface area contributed by atoms with E-state index in [1.165, 1.54) is 0 Å².